The average Bonchev–Trinajstić information content (AvgIpc) is 3.22. The molecule has 36 heavy (non-hydrogen) atoms. The molecule has 0 saturated heterocycles. The molecule has 0 aliphatic heterocycles. The summed E-state index contributed by atoms with van der Waals surface area (Å²) in [5.41, 5.74) is 10.3. The molecule has 6 nitrogen and oxygen atoms in total. The van der Waals surface area contributed by atoms with Crippen LogP contribution >= 0.6 is 0 Å². The van der Waals surface area contributed by atoms with E-state index in [2.05, 4.69) is 24.3 Å². The van der Waals surface area contributed by atoms with Crippen LogP contribution in [-0.4, -0.2) is 35.8 Å². The minimum absolute atomic E-state index is 0.0159. The molecule has 3 atom stereocenters. The van der Waals surface area contributed by atoms with Gasteiger partial charge in [-0.1, -0.05) is 60.7 Å². The quantitative estimate of drug-likeness (QED) is 0.452. The van der Waals surface area contributed by atoms with Crippen LogP contribution in [0.2, 0.25) is 0 Å². The largest absolute Gasteiger partial charge is 0.494 e. The zero-order valence-corrected chi connectivity index (χ0v) is 20.4. The van der Waals surface area contributed by atoms with Crippen molar-refractivity contribution in [2.24, 2.45) is 11.7 Å². The van der Waals surface area contributed by atoms with Gasteiger partial charge in [-0.15, -0.1) is 0 Å². The SMILES string of the molecule is CCOc1ccc(C2CCC(N)(C(=O)O)C(C(=O)OCC3c4ccccc4-c4ccccc43)C2)cc1. The topological polar surface area (TPSA) is 98.9 Å². The number of hydrogen-bond donors (Lipinski definition) is 2. The van der Waals surface area contributed by atoms with Gasteiger partial charge in [-0.25, -0.2) is 0 Å². The van der Waals surface area contributed by atoms with Crippen LogP contribution in [0.25, 0.3) is 11.1 Å². The smallest absolute Gasteiger partial charge is 0.324 e. The summed E-state index contributed by atoms with van der Waals surface area (Å²) >= 11 is 0. The second-order valence-corrected chi connectivity index (χ2v) is 9.73. The fourth-order valence-electron chi connectivity index (χ4n) is 5.77. The lowest BCUT2D eigenvalue weighted by molar-refractivity contribution is -0.162. The van der Waals surface area contributed by atoms with Crippen LogP contribution in [0.15, 0.2) is 72.8 Å². The molecule has 3 aromatic carbocycles. The number of rotatable bonds is 7. The Morgan fingerprint density at radius 2 is 1.58 bits per heavy atom. The Labute approximate surface area is 211 Å². The van der Waals surface area contributed by atoms with Gasteiger partial charge in [-0.05, 0) is 72.1 Å². The lowest BCUT2D eigenvalue weighted by atomic mass is 9.67. The molecule has 1 fully saturated rings. The van der Waals surface area contributed by atoms with E-state index in [4.69, 9.17) is 15.2 Å². The maximum absolute atomic E-state index is 13.4. The Kier molecular flexibility index (Phi) is 6.54. The number of carbonyl (C=O) groups is 2. The summed E-state index contributed by atoms with van der Waals surface area (Å²) in [5.74, 6) is -1.94. The van der Waals surface area contributed by atoms with Crippen LogP contribution in [0.1, 0.15) is 54.7 Å². The van der Waals surface area contributed by atoms with Crippen molar-refractivity contribution in [1.82, 2.24) is 0 Å². The molecular formula is C30H31NO5. The van der Waals surface area contributed by atoms with Crippen molar-refractivity contribution in [1.29, 1.82) is 0 Å². The van der Waals surface area contributed by atoms with E-state index in [1.54, 1.807) is 0 Å². The standard InChI is InChI=1S/C30H31NO5/c1-2-35-21-13-11-19(12-14-21)20-15-16-30(31,29(33)34)27(17-20)28(32)36-18-26-24-9-5-3-7-22(24)23-8-4-6-10-25(23)26/h3-14,20,26-27H,2,15-18,31H2,1H3,(H,33,34). The summed E-state index contributed by atoms with van der Waals surface area (Å²) in [6.07, 6.45) is 1.12. The van der Waals surface area contributed by atoms with E-state index in [0.29, 0.717) is 19.4 Å². The van der Waals surface area contributed by atoms with Crippen molar-refractivity contribution in [3.63, 3.8) is 0 Å². The Morgan fingerprint density at radius 1 is 0.972 bits per heavy atom. The molecule has 5 rings (SSSR count). The molecule has 0 aromatic heterocycles. The third-order valence-corrected chi connectivity index (χ3v) is 7.75. The lowest BCUT2D eigenvalue weighted by Gasteiger charge is -2.40. The number of fused-ring (bicyclic) bond motifs is 3. The third-order valence-electron chi connectivity index (χ3n) is 7.75. The van der Waals surface area contributed by atoms with Crippen LogP contribution < -0.4 is 10.5 Å². The zero-order chi connectivity index (χ0) is 25.3. The zero-order valence-electron chi connectivity index (χ0n) is 20.4. The number of nitrogens with two attached hydrogens (primary N) is 1. The summed E-state index contributed by atoms with van der Waals surface area (Å²) in [4.78, 5) is 25.6. The molecule has 0 bridgehead atoms. The molecule has 0 amide bonds. The predicted molar refractivity (Wildman–Crippen MR) is 137 cm³/mol. The highest BCUT2D eigenvalue weighted by molar-refractivity contribution is 5.88. The van der Waals surface area contributed by atoms with Crippen molar-refractivity contribution in [2.75, 3.05) is 13.2 Å². The molecule has 6 heteroatoms. The Balaban J connectivity index is 1.35. The van der Waals surface area contributed by atoms with Crippen molar-refractivity contribution in [3.05, 3.63) is 89.5 Å². The van der Waals surface area contributed by atoms with Gasteiger partial charge in [0.05, 0.1) is 12.5 Å². The van der Waals surface area contributed by atoms with Crippen LogP contribution in [0.3, 0.4) is 0 Å². The number of aliphatic carboxylic acids is 1. The van der Waals surface area contributed by atoms with E-state index in [-0.39, 0.29) is 24.9 Å². The van der Waals surface area contributed by atoms with Crippen molar-refractivity contribution in [2.45, 2.75) is 43.6 Å². The van der Waals surface area contributed by atoms with E-state index in [1.165, 1.54) is 0 Å². The minimum atomic E-state index is -1.65. The van der Waals surface area contributed by atoms with Gasteiger partial charge in [0.2, 0.25) is 0 Å². The summed E-state index contributed by atoms with van der Waals surface area (Å²) in [6.45, 7) is 2.66. The van der Waals surface area contributed by atoms with Gasteiger partial charge in [-0.2, -0.15) is 0 Å². The van der Waals surface area contributed by atoms with Crippen LogP contribution in [0.5, 0.6) is 5.75 Å². The molecule has 0 spiro atoms. The highest BCUT2D eigenvalue weighted by Gasteiger charge is 2.51. The summed E-state index contributed by atoms with van der Waals surface area (Å²) in [6, 6.07) is 24.0. The van der Waals surface area contributed by atoms with Gasteiger partial charge in [0.25, 0.3) is 0 Å². The van der Waals surface area contributed by atoms with Crippen molar-refractivity contribution >= 4 is 11.9 Å². The van der Waals surface area contributed by atoms with Gasteiger partial charge in [-0.3, -0.25) is 9.59 Å². The van der Waals surface area contributed by atoms with Crippen LogP contribution in [0.4, 0.5) is 0 Å². The fraction of sp³-hybridized carbons (Fsp3) is 0.333. The first-order valence-corrected chi connectivity index (χ1v) is 12.5. The first kappa shape index (κ1) is 24.1. The van der Waals surface area contributed by atoms with Crippen molar-refractivity contribution in [3.8, 4) is 16.9 Å². The van der Waals surface area contributed by atoms with E-state index in [9.17, 15) is 14.7 Å². The number of carboxylic acid groups (broad SMARTS) is 1. The molecule has 3 unspecified atom stereocenters. The summed E-state index contributed by atoms with van der Waals surface area (Å²) in [7, 11) is 0. The fourth-order valence-corrected chi connectivity index (χ4v) is 5.77. The van der Waals surface area contributed by atoms with Crippen molar-refractivity contribution < 1.29 is 24.2 Å². The Morgan fingerprint density at radius 3 is 2.17 bits per heavy atom. The van der Waals surface area contributed by atoms with Crippen LogP contribution in [0, 0.1) is 5.92 Å². The molecule has 2 aliphatic rings. The van der Waals surface area contributed by atoms with E-state index >= 15 is 0 Å². The monoisotopic (exact) mass is 485 g/mol. The predicted octanol–water partition coefficient (Wildman–Crippen LogP) is 5.11. The summed E-state index contributed by atoms with van der Waals surface area (Å²) < 4.78 is 11.4. The number of carbonyl (C=O) groups excluding carboxylic acids is 1. The maximum Gasteiger partial charge on any atom is 0.324 e. The minimum Gasteiger partial charge on any atom is -0.494 e. The van der Waals surface area contributed by atoms with Crippen LogP contribution in [-0.2, 0) is 14.3 Å². The highest BCUT2D eigenvalue weighted by Crippen LogP contribution is 2.46. The molecule has 0 heterocycles. The molecule has 3 aromatic rings. The Bertz CT molecular complexity index is 1220. The molecule has 186 valence electrons. The molecule has 1 saturated carbocycles. The second-order valence-electron chi connectivity index (χ2n) is 9.73. The number of carboxylic acids is 1. The number of ether oxygens (including phenoxy) is 2. The molecule has 2 aliphatic carbocycles. The number of benzene rings is 3. The van der Waals surface area contributed by atoms with Gasteiger partial charge in [0.1, 0.15) is 17.9 Å². The maximum atomic E-state index is 13.4. The second kappa shape index (κ2) is 9.78. The Hall–Kier alpha value is -3.64. The van der Waals surface area contributed by atoms with E-state index in [1.807, 2.05) is 55.5 Å². The normalized spacial score (nSPS) is 22.9. The average molecular weight is 486 g/mol. The van der Waals surface area contributed by atoms with E-state index in [0.717, 1.165) is 33.6 Å². The first-order chi connectivity index (χ1) is 17.4. The number of esters is 1. The first-order valence-electron chi connectivity index (χ1n) is 12.5. The highest BCUT2D eigenvalue weighted by atomic mass is 16.5. The van der Waals surface area contributed by atoms with Gasteiger partial charge >= 0.3 is 11.9 Å². The van der Waals surface area contributed by atoms with E-state index < -0.39 is 23.4 Å². The summed E-state index contributed by atoms with van der Waals surface area (Å²) in [5, 5.41) is 9.96. The number of hydrogen-bond acceptors (Lipinski definition) is 5. The molecule has 0 radical (unpaired) electrons. The van der Waals surface area contributed by atoms with Gasteiger partial charge in [0.15, 0.2) is 0 Å². The van der Waals surface area contributed by atoms with Gasteiger partial charge in [0, 0.05) is 5.92 Å². The lowest BCUT2D eigenvalue weighted by Crippen LogP contribution is -2.59. The third kappa shape index (κ3) is 4.26. The molecule has 3 N–H and O–H groups in total. The van der Waals surface area contributed by atoms with Gasteiger partial charge < -0.3 is 20.3 Å². The molecular weight excluding hydrogens is 454 g/mol.